The molecule has 0 heterocycles. The van der Waals surface area contributed by atoms with Gasteiger partial charge in [0.1, 0.15) is 6.04 Å². The normalized spacial score (nSPS) is 15.7. The maximum absolute atomic E-state index is 13.2. The monoisotopic (exact) mass is 443 g/mol. The Labute approximate surface area is 186 Å². The Morgan fingerprint density at radius 2 is 1.83 bits per heavy atom. The van der Waals surface area contributed by atoms with Crippen molar-refractivity contribution in [2.24, 2.45) is 11.7 Å². The first-order valence-electron chi connectivity index (χ1n) is 10.8. The predicted molar refractivity (Wildman–Crippen MR) is 125 cm³/mol. The number of aliphatic carboxylic acids is 1. The number of rotatable bonds is 17. The topological polar surface area (TPSA) is 122 Å². The summed E-state index contributed by atoms with van der Waals surface area (Å²) in [7, 11) is 0. The van der Waals surface area contributed by atoms with Crippen LogP contribution in [0.2, 0.25) is 0 Å². The minimum atomic E-state index is -1.04. The average molecular weight is 444 g/mol. The molecule has 8 heteroatoms. The number of hydrogen-bond donors (Lipinski definition) is 4. The second-order valence-electron chi connectivity index (χ2n) is 7.83. The fraction of sp³-hybridized carbons (Fsp3) is 0.773. The van der Waals surface area contributed by atoms with Gasteiger partial charge in [-0.1, -0.05) is 33.8 Å². The van der Waals surface area contributed by atoms with Gasteiger partial charge in [-0.15, -0.1) is 6.58 Å². The van der Waals surface area contributed by atoms with E-state index >= 15 is 0 Å². The zero-order valence-corrected chi connectivity index (χ0v) is 20.0. The molecular weight excluding hydrogens is 402 g/mol. The van der Waals surface area contributed by atoms with Crippen molar-refractivity contribution in [3.05, 3.63) is 12.7 Å². The van der Waals surface area contributed by atoms with E-state index in [1.165, 1.54) is 0 Å². The van der Waals surface area contributed by atoms with Crippen molar-refractivity contribution >= 4 is 29.4 Å². The quantitative estimate of drug-likeness (QED) is 0.255. The van der Waals surface area contributed by atoms with Crippen LogP contribution in [-0.2, 0) is 14.4 Å². The fourth-order valence-corrected chi connectivity index (χ4v) is 4.22. The molecule has 0 rings (SSSR count). The van der Waals surface area contributed by atoms with Gasteiger partial charge in [0.2, 0.25) is 5.91 Å². The third-order valence-corrected chi connectivity index (χ3v) is 6.70. The summed E-state index contributed by atoms with van der Waals surface area (Å²) in [6, 6.07) is -1.72. The number of hydrogen-bond acceptors (Lipinski definition) is 6. The van der Waals surface area contributed by atoms with Crippen LogP contribution in [0, 0.1) is 5.92 Å². The molecule has 174 valence electrons. The van der Waals surface area contributed by atoms with E-state index in [-0.39, 0.29) is 35.7 Å². The predicted octanol–water partition coefficient (Wildman–Crippen LogP) is 2.73. The molecule has 4 atom stereocenters. The van der Waals surface area contributed by atoms with Crippen LogP contribution in [0.1, 0.15) is 66.2 Å². The van der Waals surface area contributed by atoms with Crippen molar-refractivity contribution in [3.8, 4) is 0 Å². The van der Waals surface area contributed by atoms with Gasteiger partial charge in [-0.2, -0.15) is 11.8 Å². The van der Waals surface area contributed by atoms with Gasteiger partial charge in [-0.25, -0.2) is 0 Å². The van der Waals surface area contributed by atoms with Gasteiger partial charge in [0.15, 0.2) is 5.78 Å². The number of amides is 1. The lowest BCUT2D eigenvalue weighted by Crippen LogP contribution is -2.62. The fourth-order valence-electron chi connectivity index (χ4n) is 3.54. The molecule has 7 nitrogen and oxygen atoms in total. The van der Waals surface area contributed by atoms with Crippen LogP contribution in [0.5, 0.6) is 0 Å². The molecule has 0 aromatic heterocycles. The molecule has 0 aliphatic rings. The molecule has 0 fully saturated rings. The Kier molecular flexibility index (Phi) is 13.9. The van der Waals surface area contributed by atoms with E-state index in [1.54, 1.807) is 11.8 Å². The Hall–Kier alpha value is -1.38. The zero-order valence-electron chi connectivity index (χ0n) is 19.2. The molecular formula is C22H41N3O4S. The number of thioether (sulfide) groups is 1. The number of nitrogens with two attached hydrogens (primary N) is 1. The first kappa shape index (κ1) is 28.6. The maximum atomic E-state index is 13.2. The molecule has 0 saturated heterocycles. The molecule has 1 amide bonds. The van der Waals surface area contributed by atoms with Crippen LogP contribution in [0.3, 0.4) is 0 Å². The molecule has 0 aromatic carbocycles. The average Bonchev–Trinajstić information content (AvgIpc) is 2.74. The lowest BCUT2D eigenvalue weighted by atomic mass is 9.81. The number of carboxylic acids is 1. The summed E-state index contributed by atoms with van der Waals surface area (Å²) in [5.41, 5.74) is 5.11. The SMILES string of the molecule is C=CC(CC(C)C(NC(CC)(CC)C(=O)C(N)CCC(=O)NCCC)C(=O)O)SC. The number of carbonyl (C=O) groups excluding carboxylic acids is 2. The first-order valence-corrected chi connectivity index (χ1v) is 12.1. The summed E-state index contributed by atoms with van der Waals surface area (Å²) in [6.07, 6.45) is 6.49. The first-order chi connectivity index (χ1) is 14.1. The third kappa shape index (κ3) is 8.78. The van der Waals surface area contributed by atoms with Crippen LogP contribution in [0.25, 0.3) is 0 Å². The summed E-state index contributed by atoms with van der Waals surface area (Å²) in [5, 5.41) is 15.9. The minimum Gasteiger partial charge on any atom is -0.480 e. The van der Waals surface area contributed by atoms with Gasteiger partial charge in [0, 0.05) is 18.2 Å². The van der Waals surface area contributed by atoms with E-state index < -0.39 is 23.6 Å². The summed E-state index contributed by atoms with van der Waals surface area (Å²) < 4.78 is 0. The highest BCUT2D eigenvalue weighted by Gasteiger charge is 2.42. The summed E-state index contributed by atoms with van der Waals surface area (Å²) >= 11 is 1.62. The minimum absolute atomic E-state index is 0.128. The van der Waals surface area contributed by atoms with Crippen LogP contribution < -0.4 is 16.4 Å². The molecule has 0 spiro atoms. The van der Waals surface area contributed by atoms with Crippen molar-refractivity contribution in [1.82, 2.24) is 10.6 Å². The number of nitrogens with one attached hydrogen (secondary N) is 2. The van der Waals surface area contributed by atoms with Gasteiger partial charge >= 0.3 is 5.97 Å². The molecule has 30 heavy (non-hydrogen) atoms. The van der Waals surface area contributed by atoms with Gasteiger partial charge in [0.05, 0.1) is 11.6 Å². The van der Waals surface area contributed by atoms with Crippen molar-refractivity contribution in [2.45, 2.75) is 89.1 Å². The largest absolute Gasteiger partial charge is 0.480 e. The summed E-state index contributed by atoms with van der Waals surface area (Å²) in [4.78, 5) is 37.1. The number of Topliss-reactive ketones (excluding diaryl/α,β-unsaturated/α-hetero) is 1. The van der Waals surface area contributed by atoms with Crippen molar-refractivity contribution in [3.63, 3.8) is 0 Å². The molecule has 0 aromatic rings. The van der Waals surface area contributed by atoms with Gasteiger partial charge in [0.25, 0.3) is 0 Å². The highest BCUT2D eigenvalue weighted by atomic mass is 32.2. The number of carbonyl (C=O) groups is 3. The van der Waals surface area contributed by atoms with Gasteiger partial charge in [-0.05, 0) is 44.3 Å². The van der Waals surface area contributed by atoms with E-state index in [9.17, 15) is 19.5 Å². The summed E-state index contributed by atoms with van der Waals surface area (Å²) in [5.74, 6) is -1.56. The Morgan fingerprint density at radius 1 is 1.23 bits per heavy atom. The standard InChI is InChI=1S/C22H41N3O4S/c1-7-13-24-18(26)12-11-17(23)20(27)22(9-3,10-4)25-19(21(28)29)15(5)14-16(8-2)30-6/h8,15-17,19,25H,2,7,9-14,23H2,1,3-6H3,(H,24,26)(H,28,29). The summed E-state index contributed by atoms with van der Waals surface area (Å²) in [6.45, 7) is 12.0. The molecule has 0 saturated carbocycles. The van der Waals surface area contributed by atoms with E-state index in [0.29, 0.717) is 25.8 Å². The number of carboxylic acid groups (broad SMARTS) is 1. The Balaban J connectivity index is 5.37. The smallest absolute Gasteiger partial charge is 0.320 e. The number of ketones is 1. The lowest BCUT2D eigenvalue weighted by Gasteiger charge is -2.38. The third-order valence-electron chi connectivity index (χ3n) is 5.71. The Bertz CT molecular complexity index is 567. The molecule has 0 aliphatic carbocycles. The molecule has 0 bridgehead atoms. The lowest BCUT2D eigenvalue weighted by molar-refractivity contribution is -0.142. The highest BCUT2D eigenvalue weighted by molar-refractivity contribution is 7.99. The van der Waals surface area contributed by atoms with E-state index in [0.717, 1.165) is 6.42 Å². The van der Waals surface area contributed by atoms with Gasteiger partial charge in [-0.3, -0.25) is 19.7 Å². The maximum Gasteiger partial charge on any atom is 0.320 e. The van der Waals surface area contributed by atoms with E-state index in [4.69, 9.17) is 5.73 Å². The second kappa shape index (κ2) is 14.6. The van der Waals surface area contributed by atoms with Crippen LogP contribution in [0.4, 0.5) is 0 Å². The molecule has 0 aliphatic heterocycles. The van der Waals surface area contributed by atoms with E-state index in [2.05, 4.69) is 17.2 Å². The molecule has 4 unspecified atom stereocenters. The highest BCUT2D eigenvalue weighted by Crippen LogP contribution is 2.25. The Morgan fingerprint density at radius 3 is 2.27 bits per heavy atom. The van der Waals surface area contributed by atoms with Crippen LogP contribution in [0.15, 0.2) is 12.7 Å². The van der Waals surface area contributed by atoms with Crippen molar-refractivity contribution in [1.29, 1.82) is 0 Å². The van der Waals surface area contributed by atoms with Crippen LogP contribution >= 0.6 is 11.8 Å². The van der Waals surface area contributed by atoms with Crippen molar-refractivity contribution in [2.75, 3.05) is 12.8 Å². The van der Waals surface area contributed by atoms with Crippen molar-refractivity contribution < 1.29 is 19.5 Å². The van der Waals surface area contributed by atoms with Gasteiger partial charge < -0.3 is 16.2 Å². The molecule has 0 radical (unpaired) electrons. The van der Waals surface area contributed by atoms with E-state index in [1.807, 2.05) is 40.0 Å². The zero-order chi connectivity index (χ0) is 23.3. The molecule has 5 N–H and O–H groups in total. The van der Waals surface area contributed by atoms with Crippen LogP contribution in [-0.4, -0.2) is 58.4 Å². The second-order valence-corrected chi connectivity index (χ2v) is 8.91.